The zero-order valence-corrected chi connectivity index (χ0v) is 14.5. The van der Waals surface area contributed by atoms with E-state index < -0.39 is 14.2 Å². The number of carboxylic acids is 1. The first kappa shape index (κ1) is 19.1. The SMILES string of the molecule is CC(=O)[O-].CCO[P+](=O)OCC.[Hg]. The Balaban J connectivity index is -0.000000173. The van der Waals surface area contributed by atoms with Crippen molar-refractivity contribution in [2.45, 2.75) is 20.8 Å². The fourth-order valence-electron chi connectivity index (χ4n) is 0.248. The average Bonchev–Trinajstić information content (AvgIpc) is 1.87. The van der Waals surface area contributed by atoms with Crippen LogP contribution >= 0.6 is 8.25 Å². The van der Waals surface area contributed by atoms with Crippen LogP contribution in [0.25, 0.3) is 0 Å². The van der Waals surface area contributed by atoms with Crippen LogP contribution in [0.15, 0.2) is 0 Å². The number of carbonyl (C=O) groups excluding carboxylic acids is 1. The van der Waals surface area contributed by atoms with Gasteiger partial charge in [0.1, 0.15) is 13.2 Å². The van der Waals surface area contributed by atoms with Crippen molar-refractivity contribution in [2.75, 3.05) is 13.2 Å². The minimum Gasteiger partial charge on any atom is -0.550 e. The Morgan fingerprint density at radius 2 is 1.54 bits per heavy atom. The molecule has 0 rings (SSSR count). The van der Waals surface area contributed by atoms with Gasteiger partial charge in [0.15, 0.2) is 0 Å². The number of aliphatic carboxylic acids is 1. The summed E-state index contributed by atoms with van der Waals surface area (Å²) in [5.41, 5.74) is 0. The van der Waals surface area contributed by atoms with Gasteiger partial charge >= 0.3 is 8.25 Å². The molecular formula is C6H13HgO5P. The van der Waals surface area contributed by atoms with E-state index in [4.69, 9.17) is 9.90 Å². The first-order valence-electron chi connectivity index (χ1n) is 3.45. The monoisotopic (exact) mass is 398 g/mol. The maximum absolute atomic E-state index is 10.3. The molecule has 0 aromatic rings. The number of rotatable bonds is 4. The van der Waals surface area contributed by atoms with Gasteiger partial charge in [0.2, 0.25) is 0 Å². The van der Waals surface area contributed by atoms with E-state index in [0.29, 0.717) is 13.2 Å². The zero-order valence-electron chi connectivity index (χ0n) is 8.11. The third kappa shape index (κ3) is 32.7. The second-order valence-electron chi connectivity index (χ2n) is 1.55. The summed E-state index contributed by atoms with van der Waals surface area (Å²) in [7, 11) is -1.83. The molecule has 74 valence electrons. The van der Waals surface area contributed by atoms with Crippen LogP contribution < -0.4 is 5.11 Å². The van der Waals surface area contributed by atoms with Gasteiger partial charge in [-0.2, -0.15) is 0 Å². The molecule has 0 amide bonds. The fraction of sp³-hybridized carbons (Fsp3) is 0.833. The van der Waals surface area contributed by atoms with Crippen LogP contribution in [0.4, 0.5) is 0 Å². The van der Waals surface area contributed by atoms with Crippen LogP contribution in [0.1, 0.15) is 20.8 Å². The molecule has 0 unspecified atom stereocenters. The van der Waals surface area contributed by atoms with E-state index in [1.54, 1.807) is 13.8 Å². The first-order valence-corrected chi connectivity index (χ1v) is 4.54. The van der Waals surface area contributed by atoms with Gasteiger partial charge < -0.3 is 9.90 Å². The Kier molecular flexibility index (Phi) is 21.9. The Bertz CT molecular complexity index is 129. The quantitative estimate of drug-likeness (QED) is 0.510. The van der Waals surface area contributed by atoms with Crippen molar-refractivity contribution in [2.24, 2.45) is 0 Å². The molecule has 0 aromatic carbocycles. The molecule has 0 spiro atoms. The summed E-state index contributed by atoms with van der Waals surface area (Å²) in [6.07, 6.45) is 0. The predicted octanol–water partition coefficient (Wildman–Crippen LogP) is 0.470. The minimum absolute atomic E-state index is 0. The summed E-state index contributed by atoms with van der Waals surface area (Å²) < 4.78 is 19.5. The molecule has 5 nitrogen and oxygen atoms in total. The van der Waals surface area contributed by atoms with Crippen LogP contribution in [0.3, 0.4) is 0 Å². The normalized spacial score (nSPS) is 7.62. The maximum atomic E-state index is 10.3. The third-order valence-corrected chi connectivity index (χ3v) is 1.41. The van der Waals surface area contributed by atoms with Gasteiger partial charge in [0.05, 0.1) is 0 Å². The number of carboxylic acid groups (broad SMARTS) is 1. The van der Waals surface area contributed by atoms with Crippen molar-refractivity contribution in [3.05, 3.63) is 0 Å². The maximum Gasteiger partial charge on any atom is 0.697 e. The topological polar surface area (TPSA) is 75.7 Å². The molecule has 0 aliphatic rings. The van der Waals surface area contributed by atoms with Crippen molar-refractivity contribution < 1.29 is 51.2 Å². The summed E-state index contributed by atoms with van der Waals surface area (Å²) >= 11 is 0. The van der Waals surface area contributed by atoms with Gasteiger partial charge in [-0.25, -0.2) is 0 Å². The van der Waals surface area contributed by atoms with E-state index in [2.05, 4.69) is 9.05 Å². The predicted molar refractivity (Wildman–Crippen MR) is 41.5 cm³/mol. The van der Waals surface area contributed by atoms with Gasteiger partial charge in [0.25, 0.3) is 0 Å². The summed E-state index contributed by atoms with van der Waals surface area (Å²) in [4.78, 5) is 8.89. The largest absolute Gasteiger partial charge is 0.697 e. The van der Waals surface area contributed by atoms with Crippen molar-refractivity contribution in [3.63, 3.8) is 0 Å². The first-order chi connectivity index (χ1) is 5.54. The molecule has 0 heterocycles. The van der Waals surface area contributed by atoms with Crippen molar-refractivity contribution in [1.82, 2.24) is 0 Å². The number of hydrogen-bond donors (Lipinski definition) is 0. The molecule has 0 radical (unpaired) electrons. The molecule has 0 fully saturated rings. The van der Waals surface area contributed by atoms with E-state index in [0.717, 1.165) is 6.92 Å². The Hall–Kier alpha value is 0.425. The summed E-state index contributed by atoms with van der Waals surface area (Å²) in [6.45, 7) is 5.39. The molecule has 0 saturated carbocycles. The van der Waals surface area contributed by atoms with E-state index in [1.165, 1.54) is 0 Å². The zero-order chi connectivity index (χ0) is 9.98. The van der Waals surface area contributed by atoms with E-state index in [1.807, 2.05) is 0 Å². The fourth-order valence-corrected chi connectivity index (χ4v) is 0.744. The van der Waals surface area contributed by atoms with Crippen LogP contribution in [0.2, 0.25) is 0 Å². The Labute approximate surface area is 99.3 Å². The molecule has 13 heavy (non-hydrogen) atoms. The molecule has 0 N–H and O–H groups in total. The molecule has 0 aliphatic carbocycles. The molecule has 0 bridgehead atoms. The standard InChI is InChI=1S/C4H10O3P.C2H4O2.Hg/c1-3-6-8(5)7-4-2;1-2(3)4;/h3-4H2,1-2H3;1H3,(H,3,4);/q+1;;/p-1. The van der Waals surface area contributed by atoms with E-state index in [-0.39, 0.29) is 27.7 Å². The van der Waals surface area contributed by atoms with Crippen molar-refractivity contribution >= 4 is 14.2 Å². The van der Waals surface area contributed by atoms with Crippen LogP contribution in [0.5, 0.6) is 0 Å². The second kappa shape index (κ2) is 14.9. The minimum atomic E-state index is -1.83. The van der Waals surface area contributed by atoms with Gasteiger partial charge in [-0.15, -0.1) is 9.05 Å². The summed E-state index contributed by atoms with van der Waals surface area (Å²) in [5.74, 6) is -1.08. The Morgan fingerprint density at radius 1 is 1.31 bits per heavy atom. The molecular weight excluding hydrogens is 384 g/mol. The summed E-state index contributed by atoms with van der Waals surface area (Å²) in [6, 6.07) is 0. The summed E-state index contributed by atoms with van der Waals surface area (Å²) in [5, 5.41) is 8.89. The second-order valence-corrected chi connectivity index (χ2v) is 2.51. The van der Waals surface area contributed by atoms with Gasteiger partial charge in [-0.05, 0) is 20.8 Å². The third-order valence-electron chi connectivity index (χ3n) is 0.469. The molecule has 0 saturated heterocycles. The van der Waals surface area contributed by atoms with E-state index >= 15 is 0 Å². The number of carbonyl (C=O) groups is 1. The van der Waals surface area contributed by atoms with Crippen LogP contribution in [0, 0.1) is 0 Å². The van der Waals surface area contributed by atoms with Crippen LogP contribution in [-0.2, 0) is 46.1 Å². The van der Waals surface area contributed by atoms with Crippen molar-refractivity contribution in [3.8, 4) is 0 Å². The number of hydrogen-bond acceptors (Lipinski definition) is 5. The van der Waals surface area contributed by atoms with E-state index in [9.17, 15) is 4.57 Å². The Morgan fingerprint density at radius 3 is 1.69 bits per heavy atom. The van der Waals surface area contributed by atoms with Gasteiger partial charge in [-0.3, -0.25) is 0 Å². The molecule has 0 aromatic heterocycles. The molecule has 0 atom stereocenters. The van der Waals surface area contributed by atoms with Crippen molar-refractivity contribution in [1.29, 1.82) is 0 Å². The van der Waals surface area contributed by atoms with Crippen LogP contribution in [-0.4, -0.2) is 19.2 Å². The molecule has 7 heteroatoms. The smallest absolute Gasteiger partial charge is 0.550 e. The van der Waals surface area contributed by atoms with Gasteiger partial charge in [-0.1, -0.05) is 0 Å². The average molecular weight is 397 g/mol. The van der Waals surface area contributed by atoms with Gasteiger partial charge in [0, 0.05) is 38.2 Å². The molecule has 0 aliphatic heterocycles.